The zero-order valence-corrected chi connectivity index (χ0v) is 12.3. The summed E-state index contributed by atoms with van der Waals surface area (Å²) in [5.74, 6) is 1.37. The first-order valence-corrected chi connectivity index (χ1v) is 7.28. The van der Waals surface area contributed by atoms with Crippen LogP contribution in [0.25, 0.3) is 0 Å². The van der Waals surface area contributed by atoms with E-state index in [0.717, 1.165) is 29.8 Å². The number of non-ortho nitro benzene ring substituents is 1. The topological polar surface area (TPSA) is 58.4 Å². The van der Waals surface area contributed by atoms with E-state index in [1.165, 1.54) is 0 Å². The normalized spacial score (nSPS) is 29.6. The van der Waals surface area contributed by atoms with E-state index in [0.29, 0.717) is 17.9 Å². The third-order valence-electron chi connectivity index (χ3n) is 4.39. The van der Waals surface area contributed by atoms with Crippen LogP contribution in [0.5, 0.6) is 0 Å². The Bertz CT molecular complexity index is 523. The Kier molecular flexibility index (Phi) is 3.22. The molecular formula is C13H16BrN3O2. The first-order chi connectivity index (χ1) is 9.08. The Hall–Kier alpha value is -1.14. The molecule has 3 unspecified atom stereocenters. The van der Waals surface area contributed by atoms with Gasteiger partial charge in [-0.1, -0.05) is 0 Å². The first kappa shape index (κ1) is 12.9. The van der Waals surface area contributed by atoms with Gasteiger partial charge in [-0.25, -0.2) is 0 Å². The lowest BCUT2D eigenvalue weighted by atomic mass is 9.95. The summed E-state index contributed by atoms with van der Waals surface area (Å²) in [5, 5.41) is 14.2. The molecule has 2 aliphatic rings. The maximum Gasteiger partial charge on any atom is 0.270 e. The Morgan fingerprint density at radius 1 is 1.47 bits per heavy atom. The van der Waals surface area contributed by atoms with E-state index in [2.05, 4.69) is 33.1 Å². The van der Waals surface area contributed by atoms with Gasteiger partial charge in [-0.3, -0.25) is 10.1 Å². The molecule has 0 aromatic heterocycles. The highest BCUT2D eigenvalue weighted by atomic mass is 79.9. The molecule has 1 aromatic rings. The van der Waals surface area contributed by atoms with Crippen LogP contribution in [0, 0.1) is 22.0 Å². The molecule has 0 spiro atoms. The van der Waals surface area contributed by atoms with Crippen LogP contribution in [0.1, 0.15) is 6.92 Å². The minimum absolute atomic E-state index is 0.129. The van der Waals surface area contributed by atoms with E-state index >= 15 is 0 Å². The van der Waals surface area contributed by atoms with Gasteiger partial charge in [0.15, 0.2) is 0 Å². The van der Waals surface area contributed by atoms with Crippen LogP contribution in [0.4, 0.5) is 11.4 Å². The molecule has 0 bridgehead atoms. The van der Waals surface area contributed by atoms with Crippen LogP contribution in [0.15, 0.2) is 22.7 Å². The summed E-state index contributed by atoms with van der Waals surface area (Å²) in [6.07, 6.45) is 0. The number of halogens is 1. The van der Waals surface area contributed by atoms with Gasteiger partial charge in [0.2, 0.25) is 0 Å². The van der Waals surface area contributed by atoms with E-state index < -0.39 is 0 Å². The van der Waals surface area contributed by atoms with Gasteiger partial charge in [-0.05, 0) is 40.8 Å². The Labute approximate surface area is 120 Å². The van der Waals surface area contributed by atoms with Crippen molar-refractivity contribution < 1.29 is 4.92 Å². The van der Waals surface area contributed by atoms with E-state index in [9.17, 15) is 10.1 Å². The average molecular weight is 326 g/mol. The zero-order chi connectivity index (χ0) is 13.6. The van der Waals surface area contributed by atoms with Crippen molar-refractivity contribution in [1.29, 1.82) is 0 Å². The molecule has 5 nitrogen and oxygen atoms in total. The van der Waals surface area contributed by atoms with Crippen molar-refractivity contribution >= 4 is 27.3 Å². The van der Waals surface area contributed by atoms with Crippen LogP contribution in [-0.2, 0) is 0 Å². The zero-order valence-electron chi connectivity index (χ0n) is 10.7. The molecule has 102 valence electrons. The fourth-order valence-electron chi connectivity index (χ4n) is 3.33. The lowest BCUT2D eigenvalue weighted by molar-refractivity contribution is -0.384. The molecule has 3 atom stereocenters. The van der Waals surface area contributed by atoms with Gasteiger partial charge in [-0.15, -0.1) is 0 Å². The summed E-state index contributed by atoms with van der Waals surface area (Å²) in [6.45, 7) is 5.42. The number of anilines is 1. The minimum atomic E-state index is -0.361. The predicted octanol–water partition coefficient (Wildman–Crippen LogP) is 2.40. The molecule has 0 saturated carbocycles. The van der Waals surface area contributed by atoms with Crippen LogP contribution in [-0.4, -0.2) is 30.6 Å². The van der Waals surface area contributed by atoms with Gasteiger partial charge in [0.1, 0.15) is 0 Å². The summed E-state index contributed by atoms with van der Waals surface area (Å²) in [6, 6.07) is 5.50. The maximum atomic E-state index is 10.8. The standard InChI is InChI=1S/C13H16BrN3O2/c1-8-11-6-15-5-9(11)7-16(8)13-3-2-10(17(18)19)4-12(13)14/h2-4,8-9,11,15H,5-7H2,1H3. The molecule has 2 heterocycles. The second kappa shape index (κ2) is 4.76. The van der Waals surface area contributed by atoms with Crippen molar-refractivity contribution in [3.05, 3.63) is 32.8 Å². The monoisotopic (exact) mass is 325 g/mol. The number of fused-ring (bicyclic) bond motifs is 1. The van der Waals surface area contributed by atoms with Crippen molar-refractivity contribution in [1.82, 2.24) is 5.32 Å². The number of nitro groups is 1. The van der Waals surface area contributed by atoms with Crippen LogP contribution >= 0.6 is 15.9 Å². The summed E-state index contributed by atoms with van der Waals surface area (Å²) >= 11 is 3.47. The highest BCUT2D eigenvalue weighted by molar-refractivity contribution is 9.10. The van der Waals surface area contributed by atoms with E-state index in [1.54, 1.807) is 12.1 Å². The number of nitrogens with one attached hydrogen (secondary N) is 1. The van der Waals surface area contributed by atoms with Gasteiger partial charge < -0.3 is 10.2 Å². The molecule has 0 radical (unpaired) electrons. The van der Waals surface area contributed by atoms with Gasteiger partial charge in [0.05, 0.1) is 10.6 Å². The second-order valence-corrected chi connectivity index (χ2v) is 6.22. The quantitative estimate of drug-likeness (QED) is 0.670. The molecule has 1 N–H and O–H groups in total. The van der Waals surface area contributed by atoms with Crippen molar-refractivity contribution in [3.63, 3.8) is 0 Å². The number of rotatable bonds is 2. The average Bonchev–Trinajstić information content (AvgIpc) is 2.93. The molecule has 2 fully saturated rings. The molecule has 19 heavy (non-hydrogen) atoms. The van der Waals surface area contributed by atoms with E-state index in [1.807, 2.05) is 6.07 Å². The predicted molar refractivity (Wildman–Crippen MR) is 77.5 cm³/mol. The number of nitro benzene ring substituents is 1. The molecule has 6 heteroatoms. The Balaban J connectivity index is 1.89. The highest BCUT2D eigenvalue weighted by Gasteiger charge is 2.42. The second-order valence-electron chi connectivity index (χ2n) is 5.37. The van der Waals surface area contributed by atoms with E-state index in [-0.39, 0.29) is 10.6 Å². The van der Waals surface area contributed by atoms with Crippen LogP contribution < -0.4 is 10.2 Å². The fourth-order valence-corrected chi connectivity index (χ4v) is 3.92. The number of hydrogen-bond donors (Lipinski definition) is 1. The van der Waals surface area contributed by atoms with E-state index in [4.69, 9.17) is 0 Å². The van der Waals surface area contributed by atoms with Crippen molar-refractivity contribution in [2.24, 2.45) is 11.8 Å². The molecule has 0 amide bonds. The fraction of sp³-hybridized carbons (Fsp3) is 0.538. The molecule has 2 aliphatic heterocycles. The SMILES string of the molecule is CC1C2CNCC2CN1c1ccc([N+](=O)[O-])cc1Br. The third-order valence-corrected chi connectivity index (χ3v) is 5.02. The smallest absolute Gasteiger partial charge is 0.270 e. The summed E-state index contributed by atoms with van der Waals surface area (Å²) < 4.78 is 0.807. The third kappa shape index (κ3) is 2.12. The number of hydrogen-bond acceptors (Lipinski definition) is 4. The highest BCUT2D eigenvalue weighted by Crippen LogP contribution is 2.39. The molecule has 2 saturated heterocycles. The number of nitrogens with zero attached hydrogens (tertiary/aromatic N) is 2. The summed E-state index contributed by atoms with van der Waals surface area (Å²) in [7, 11) is 0. The molecule has 0 aliphatic carbocycles. The molecule has 3 rings (SSSR count). The maximum absolute atomic E-state index is 10.8. The summed E-state index contributed by atoms with van der Waals surface area (Å²) in [5.41, 5.74) is 1.19. The van der Waals surface area contributed by atoms with Gasteiger partial charge in [0, 0.05) is 42.3 Å². The number of benzene rings is 1. The lowest BCUT2D eigenvalue weighted by Gasteiger charge is -2.27. The van der Waals surface area contributed by atoms with Gasteiger partial charge in [0.25, 0.3) is 5.69 Å². The van der Waals surface area contributed by atoms with Crippen LogP contribution in [0.3, 0.4) is 0 Å². The van der Waals surface area contributed by atoms with Gasteiger partial charge in [-0.2, -0.15) is 0 Å². The summed E-state index contributed by atoms with van der Waals surface area (Å²) in [4.78, 5) is 12.8. The molecule has 1 aromatic carbocycles. The first-order valence-electron chi connectivity index (χ1n) is 6.49. The Morgan fingerprint density at radius 2 is 2.26 bits per heavy atom. The van der Waals surface area contributed by atoms with Crippen molar-refractivity contribution in [2.75, 3.05) is 24.5 Å². The lowest BCUT2D eigenvalue weighted by Crippen LogP contribution is -2.33. The van der Waals surface area contributed by atoms with Crippen molar-refractivity contribution in [2.45, 2.75) is 13.0 Å². The largest absolute Gasteiger partial charge is 0.367 e. The molecular weight excluding hydrogens is 310 g/mol. The van der Waals surface area contributed by atoms with Gasteiger partial charge >= 0.3 is 0 Å². The Morgan fingerprint density at radius 3 is 2.89 bits per heavy atom. The van der Waals surface area contributed by atoms with Crippen molar-refractivity contribution in [3.8, 4) is 0 Å². The van der Waals surface area contributed by atoms with Crippen LogP contribution in [0.2, 0.25) is 0 Å². The minimum Gasteiger partial charge on any atom is -0.367 e.